The molecular formula is C38H49N5O7S. The number of carbonyl (C=O) groups excluding carboxylic acids is 5. The molecule has 1 fully saturated rings. The Bertz CT molecular complexity index is 1630. The van der Waals surface area contributed by atoms with Gasteiger partial charge in [-0.15, -0.1) is 11.3 Å². The quantitative estimate of drug-likeness (QED) is 0.287. The lowest BCUT2D eigenvalue weighted by atomic mass is 9.77. The lowest BCUT2D eigenvalue weighted by Gasteiger charge is -2.33. The van der Waals surface area contributed by atoms with Crippen molar-refractivity contribution in [2.24, 2.45) is 5.41 Å². The van der Waals surface area contributed by atoms with E-state index >= 15 is 0 Å². The second-order valence-corrected chi connectivity index (χ2v) is 14.3. The van der Waals surface area contributed by atoms with Gasteiger partial charge >= 0.3 is 0 Å². The molecule has 2 aromatic carbocycles. The number of nitrogens with one attached hydrogen (secondary N) is 3. The number of carbonyl (C=O) groups is 5. The number of hydrogen-bond donors (Lipinski definition) is 3. The maximum Gasteiger partial charge on any atom is 0.263 e. The van der Waals surface area contributed by atoms with Crippen LogP contribution in [0.25, 0.3) is 10.1 Å². The minimum atomic E-state index is -1.03. The van der Waals surface area contributed by atoms with Crippen LogP contribution >= 0.6 is 11.3 Å². The molecule has 0 spiro atoms. The maximum absolute atomic E-state index is 14.0. The number of rotatable bonds is 9. The van der Waals surface area contributed by atoms with Gasteiger partial charge < -0.3 is 35.2 Å². The molecule has 274 valence electrons. The van der Waals surface area contributed by atoms with Crippen LogP contribution < -0.4 is 20.7 Å². The van der Waals surface area contributed by atoms with Crippen molar-refractivity contribution >= 4 is 51.0 Å². The number of benzene rings is 2. The fourth-order valence-electron chi connectivity index (χ4n) is 6.55. The lowest BCUT2D eigenvalue weighted by molar-refractivity contribution is -0.133. The monoisotopic (exact) mass is 719 g/mol. The van der Waals surface area contributed by atoms with Gasteiger partial charge in [-0.25, -0.2) is 0 Å². The molecule has 2 bridgehead atoms. The number of fused-ring (bicyclic) bond motifs is 18. The molecule has 1 aromatic heterocycles. The first-order valence-corrected chi connectivity index (χ1v) is 18.7. The van der Waals surface area contributed by atoms with E-state index in [0.29, 0.717) is 88.5 Å². The van der Waals surface area contributed by atoms with E-state index in [1.54, 1.807) is 24.1 Å². The summed E-state index contributed by atoms with van der Waals surface area (Å²) >= 11 is 1.44. The van der Waals surface area contributed by atoms with Crippen LogP contribution in [0.5, 0.6) is 5.75 Å². The zero-order chi connectivity index (χ0) is 36.1. The van der Waals surface area contributed by atoms with E-state index in [0.717, 1.165) is 28.6 Å². The first-order valence-electron chi connectivity index (χ1n) is 17.8. The van der Waals surface area contributed by atoms with Crippen LogP contribution in [0, 0.1) is 5.41 Å². The summed E-state index contributed by atoms with van der Waals surface area (Å²) in [7, 11) is 1.58. The predicted molar refractivity (Wildman–Crippen MR) is 196 cm³/mol. The van der Waals surface area contributed by atoms with E-state index in [4.69, 9.17) is 9.47 Å². The Morgan fingerprint density at radius 2 is 1.75 bits per heavy atom. The third-order valence-electron chi connectivity index (χ3n) is 9.47. The maximum atomic E-state index is 14.0. The Morgan fingerprint density at radius 3 is 2.51 bits per heavy atom. The predicted octanol–water partition coefficient (Wildman–Crippen LogP) is 3.53. The number of likely N-dealkylation sites (tertiary alicyclic amines) is 1. The number of hydrogen-bond acceptors (Lipinski definition) is 8. The van der Waals surface area contributed by atoms with Crippen molar-refractivity contribution in [1.82, 2.24) is 25.8 Å². The fourth-order valence-corrected chi connectivity index (χ4v) is 7.58. The molecular weight excluding hydrogens is 671 g/mol. The molecule has 0 radical (unpaired) electrons. The molecule has 0 saturated carbocycles. The van der Waals surface area contributed by atoms with Gasteiger partial charge in [-0.2, -0.15) is 0 Å². The number of thiophene rings is 1. The van der Waals surface area contributed by atoms with Crippen molar-refractivity contribution in [3.8, 4) is 5.75 Å². The molecule has 4 heterocycles. The highest BCUT2D eigenvalue weighted by atomic mass is 32.1. The average molecular weight is 720 g/mol. The number of methoxy groups -OCH3 is 1. The molecule has 13 heteroatoms. The smallest absolute Gasteiger partial charge is 0.263 e. The van der Waals surface area contributed by atoms with Gasteiger partial charge in [-0.05, 0) is 73.7 Å². The van der Waals surface area contributed by atoms with Crippen LogP contribution in [0.1, 0.15) is 60.2 Å². The summed E-state index contributed by atoms with van der Waals surface area (Å²) in [6, 6.07) is 17.0. The number of amides is 5. The first-order chi connectivity index (χ1) is 24.8. The Kier molecular flexibility index (Phi) is 13.8. The van der Waals surface area contributed by atoms with Crippen LogP contribution in [0.15, 0.2) is 54.6 Å². The molecule has 5 amide bonds. The Hall–Kier alpha value is -4.49. The third kappa shape index (κ3) is 10.8. The van der Waals surface area contributed by atoms with Gasteiger partial charge in [0.2, 0.25) is 17.7 Å². The second-order valence-electron chi connectivity index (χ2n) is 13.3. The van der Waals surface area contributed by atoms with Crippen molar-refractivity contribution in [2.75, 3.05) is 66.1 Å². The molecule has 1 unspecified atom stereocenters. The van der Waals surface area contributed by atoms with Crippen LogP contribution in [-0.2, 0) is 30.3 Å². The SMILES string of the molecule is COCCC1(C(=O)NCCCN2CCCC2=O)CNC(=O)CCCN(C(=O)c2cc3ccccc3s2)CCCNC(=O)COc2ccc(cc2)C1. The van der Waals surface area contributed by atoms with Gasteiger partial charge in [0.15, 0.2) is 6.61 Å². The molecule has 6 rings (SSSR count). The lowest BCUT2D eigenvalue weighted by Crippen LogP contribution is -2.51. The first kappa shape index (κ1) is 37.8. The van der Waals surface area contributed by atoms with E-state index in [9.17, 15) is 24.0 Å². The molecule has 3 aliphatic heterocycles. The minimum absolute atomic E-state index is 0.0918. The Labute approximate surface area is 303 Å². The van der Waals surface area contributed by atoms with Crippen LogP contribution in [0.3, 0.4) is 0 Å². The van der Waals surface area contributed by atoms with Crippen LogP contribution in [-0.4, -0.2) is 105 Å². The molecule has 1 atom stereocenters. The van der Waals surface area contributed by atoms with Gasteiger partial charge in [-0.3, -0.25) is 24.0 Å². The van der Waals surface area contributed by atoms with Gasteiger partial charge in [-0.1, -0.05) is 30.3 Å². The van der Waals surface area contributed by atoms with E-state index in [1.165, 1.54) is 11.3 Å². The summed E-state index contributed by atoms with van der Waals surface area (Å²) in [5.41, 5.74) is -0.165. The summed E-state index contributed by atoms with van der Waals surface area (Å²) in [6.07, 6.45) is 3.88. The average Bonchev–Trinajstić information content (AvgIpc) is 3.77. The van der Waals surface area contributed by atoms with Crippen molar-refractivity contribution in [2.45, 2.75) is 51.4 Å². The molecule has 3 N–H and O–H groups in total. The molecule has 12 nitrogen and oxygen atoms in total. The second kappa shape index (κ2) is 18.7. The Balaban J connectivity index is 1.31. The van der Waals surface area contributed by atoms with Gasteiger partial charge in [0.1, 0.15) is 5.75 Å². The van der Waals surface area contributed by atoms with E-state index in [-0.39, 0.29) is 49.1 Å². The van der Waals surface area contributed by atoms with E-state index in [2.05, 4.69) is 16.0 Å². The standard InChI is InChI=1S/C38H49N5O7S/c1-49-23-16-38(37(48)40-18-7-21-42-19-5-11-35(42)46)25-28-12-14-30(15-13-28)50-26-34(45)39-17-6-22-43(20-4-10-33(44)41-27-38)36(47)32-24-29-8-2-3-9-31(29)51-32/h2-3,8-9,12-15,24H,4-7,10-11,16-23,25-27H2,1H3,(H,39,45)(H,40,48)(H,41,44). The van der Waals surface area contributed by atoms with E-state index in [1.807, 2.05) is 47.4 Å². The fraction of sp³-hybridized carbons (Fsp3) is 0.500. The van der Waals surface area contributed by atoms with Crippen molar-refractivity contribution < 1.29 is 33.4 Å². The summed E-state index contributed by atoms with van der Waals surface area (Å²) < 4.78 is 12.2. The van der Waals surface area contributed by atoms with Crippen molar-refractivity contribution in [1.29, 1.82) is 0 Å². The number of ether oxygens (including phenoxy) is 2. The van der Waals surface area contributed by atoms with Crippen molar-refractivity contribution in [3.63, 3.8) is 0 Å². The topological polar surface area (TPSA) is 146 Å². The van der Waals surface area contributed by atoms with Crippen molar-refractivity contribution in [3.05, 3.63) is 65.0 Å². The zero-order valence-electron chi connectivity index (χ0n) is 29.4. The molecule has 0 aliphatic carbocycles. The highest BCUT2D eigenvalue weighted by Gasteiger charge is 2.39. The summed E-state index contributed by atoms with van der Waals surface area (Å²) in [5.74, 6) is -0.127. The zero-order valence-corrected chi connectivity index (χ0v) is 30.2. The molecule has 1 saturated heterocycles. The minimum Gasteiger partial charge on any atom is -0.484 e. The van der Waals surface area contributed by atoms with Gasteiger partial charge in [0.05, 0.1) is 10.3 Å². The number of nitrogens with zero attached hydrogens (tertiary/aromatic N) is 2. The molecule has 3 aromatic rings. The van der Waals surface area contributed by atoms with Crippen LogP contribution in [0.4, 0.5) is 0 Å². The van der Waals surface area contributed by atoms with E-state index < -0.39 is 5.41 Å². The Morgan fingerprint density at radius 1 is 0.961 bits per heavy atom. The highest BCUT2D eigenvalue weighted by Crippen LogP contribution is 2.30. The van der Waals surface area contributed by atoms with Crippen LogP contribution in [0.2, 0.25) is 0 Å². The summed E-state index contributed by atoms with van der Waals surface area (Å²) in [4.78, 5) is 69.9. The highest BCUT2D eigenvalue weighted by molar-refractivity contribution is 7.20. The van der Waals surface area contributed by atoms with Gasteiger partial charge in [0.25, 0.3) is 11.8 Å². The third-order valence-corrected chi connectivity index (χ3v) is 10.6. The van der Waals surface area contributed by atoms with Gasteiger partial charge in [0, 0.05) is 77.1 Å². The largest absolute Gasteiger partial charge is 0.484 e. The molecule has 51 heavy (non-hydrogen) atoms. The molecule has 3 aliphatic rings. The normalized spacial score (nSPS) is 19.7. The summed E-state index contributed by atoms with van der Waals surface area (Å²) in [6.45, 7) is 3.11. The summed E-state index contributed by atoms with van der Waals surface area (Å²) in [5, 5.41) is 9.98.